The number of aryl methyl sites for hydroxylation is 1. The molecule has 0 bridgehead atoms. The third-order valence-electron chi connectivity index (χ3n) is 5.58. The predicted octanol–water partition coefficient (Wildman–Crippen LogP) is 2.00. The van der Waals surface area contributed by atoms with Crippen LogP contribution in [0.4, 0.5) is 10.1 Å². The number of nitrogens with zero attached hydrogens (tertiary/aromatic N) is 1. The van der Waals surface area contributed by atoms with E-state index in [0.29, 0.717) is 16.9 Å². The number of rotatable bonds is 8. The van der Waals surface area contributed by atoms with E-state index in [1.165, 1.54) is 29.7 Å². The fourth-order valence-electron chi connectivity index (χ4n) is 3.84. The van der Waals surface area contributed by atoms with Gasteiger partial charge in [0.2, 0.25) is 5.91 Å². The monoisotopic (exact) mass is 474 g/mol. The van der Waals surface area contributed by atoms with Gasteiger partial charge in [0, 0.05) is 17.9 Å². The molecule has 0 aliphatic carbocycles. The highest BCUT2D eigenvalue weighted by Gasteiger charge is 2.35. The molecule has 0 saturated heterocycles. The SMILES string of the molecule is Cc1cc(NC(=O)c2c(C)c(C(=O)C(=O)N[C@@H](C(N)=O)C(C)(C)C)n(CCO)c2C)ccc1F. The topological polar surface area (TPSA) is 144 Å². The Labute approximate surface area is 197 Å². The lowest BCUT2D eigenvalue weighted by atomic mass is 9.86. The largest absolute Gasteiger partial charge is 0.395 e. The summed E-state index contributed by atoms with van der Waals surface area (Å²) in [7, 11) is 0. The van der Waals surface area contributed by atoms with E-state index in [1.807, 2.05) is 0 Å². The molecule has 34 heavy (non-hydrogen) atoms. The molecular weight excluding hydrogens is 443 g/mol. The van der Waals surface area contributed by atoms with Crippen LogP contribution in [-0.2, 0) is 16.1 Å². The van der Waals surface area contributed by atoms with Gasteiger partial charge in [-0.1, -0.05) is 20.8 Å². The molecule has 0 spiro atoms. The van der Waals surface area contributed by atoms with E-state index < -0.39 is 40.8 Å². The number of primary amides is 1. The van der Waals surface area contributed by atoms with E-state index in [4.69, 9.17) is 5.73 Å². The summed E-state index contributed by atoms with van der Waals surface area (Å²) in [4.78, 5) is 50.8. The second-order valence-electron chi connectivity index (χ2n) is 9.23. The van der Waals surface area contributed by atoms with Crippen LogP contribution in [-0.4, -0.2) is 45.8 Å². The standard InChI is InChI=1S/C24H31FN4O5/c1-12-11-15(7-8-16(12)25)27-22(33)17-13(2)18(29(9-10-30)14(17)3)19(31)23(34)28-20(21(26)32)24(4,5)6/h7-8,11,20,30H,9-10H2,1-6H3,(H2,26,32)(H,27,33)(H,28,34)/t20-/m0/s1. The van der Waals surface area contributed by atoms with Gasteiger partial charge in [0.15, 0.2) is 0 Å². The molecule has 0 radical (unpaired) electrons. The predicted molar refractivity (Wildman–Crippen MR) is 125 cm³/mol. The van der Waals surface area contributed by atoms with Gasteiger partial charge in [-0.3, -0.25) is 19.2 Å². The van der Waals surface area contributed by atoms with Crippen molar-refractivity contribution in [1.82, 2.24) is 9.88 Å². The van der Waals surface area contributed by atoms with Crippen molar-refractivity contribution in [3.63, 3.8) is 0 Å². The van der Waals surface area contributed by atoms with Crippen LogP contribution in [0.15, 0.2) is 18.2 Å². The third kappa shape index (κ3) is 5.51. The van der Waals surface area contributed by atoms with Crippen molar-refractivity contribution >= 4 is 29.2 Å². The van der Waals surface area contributed by atoms with Gasteiger partial charge in [-0.15, -0.1) is 0 Å². The van der Waals surface area contributed by atoms with Crippen LogP contribution >= 0.6 is 0 Å². The highest BCUT2D eigenvalue weighted by atomic mass is 19.1. The number of aromatic nitrogens is 1. The van der Waals surface area contributed by atoms with Gasteiger partial charge >= 0.3 is 0 Å². The van der Waals surface area contributed by atoms with E-state index in [9.17, 15) is 28.7 Å². The average molecular weight is 475 g/mol. The van der Waals surface area contributed by atoms with E-state index in [0.717, 1.165) is 0 Å². The summed E-state index contributed by atoms with van der Waals surface area (Å²) in [5.74, 6) is -3.79. The summed E-state index contributed by atoms with van der Waals surface area (Å²) in [6.45, 7) is 9.35. The number of ketones is 1. The number of hydrogen-bond donors (Lipinski definition) is 4. The number of amides is 3. The zero-order valence-corrected chi connectivity index (χ0v) is 20.2. The number of Topliss-reactive ketones (excluding diaryl/α,β-unsaturated/α-hetero) is 1. The van der Waals surface area contributed by atoms with Gasteiger partial charge < -0.3 is 26.0 Å². The number of hydrogen-bond acceptors (Lipinski definition) is 5. The Bertz CT molecular complexity index is 1150. The molecule has 2 rings (SSSR count). The van der Waals surface area contributed by atoms with Crippen LogP contribution in [0.1, 0.15) is 58.4 Å². The fourth-order valence-corrected chi connectivity index (χ4v) is 3.84. The maximum atomic E-state index is 13.6. The Morgan fingerprint density at radius 3 is 2.26 bits per heavy atom. The smallest absolute Gasteiger partial charge is 0.294 e. The van der Waals surface area contributed by atoms with Crippen molar-refractivity contribution in [2.75, 3.05) is 11.9 Å². The molecule has 1 aromatic carbocycles. The van der Waals surface area contributed by atoms with Crippen molar-refractivity contribution in [1.29, 1.82) is 0 Å². The lowest BCUT2D eigenvalue weighted by Gasteiger charge is -2.28. The molecule has 1 aromatic heterocycles. The molecular formula is C24H31FN4O5. The van der Waals surface area contributed by atoms with Crippen LogP contribution in [0, 0.1) is 32.0 Å². The van der Waals surface area contributed by atoms with Crippen LogP contribution in [0.25, 0.3) is 0 Å². The highest BCUT2D eigenvalue weighted by Crippen LogP contribution is 2.25. The minimum Gasteiger partial charge on any atom is -0.395 e. The number of halogens is 1. The maximum absolute atomic E-state index is 13.6. The zero-order valence-electron chi connectivity index (χ0n) is 20.2. The molecule has 1 atom stereocenters. The number of nitrogens with one attached hydrogen (secondary N) is 2. The minimum atomic E-state index is -1.10. The normalized spacial score (nSPS) is 12.2. The Morgan fingerprint density at radius 1 is 1.15 bits per heavy atom. The molecule has 0 unspecified atom stereocenters. The second kappa shape index (κ2) is 10.2. The summed E-state index contributed by atoms with van der Waals surface area (Å²) in [5.41, 5.74) is 6.02. The first-order valence-corrected chi connectivity index (χ1v) is 10.7. The number of carbonyl (C=O) groups is 4. The summed E-state index contributed by atoms with van der Waals surface area (Å²) in [6.07, 6.45) is 0. The van der Waals surface area contributed by atoms with E-state index in [2.05, 4.69) is 10.6 Å². The van der Waals surface area contributed by atoms with E-state index in [-0.39, 0.29) is 30.0 Å². The minimum absolute atomic E-state index is 0.0392. The van der Waals surface area contributed by atoms with Crippen molar-refractivity contribution < 1.29 is 28.7 Å². The van der Waals surface area contributed by atoms with Gasteiger partial charge in [0.05, 0.1) is 17.9 Å². The third-order valence-corrected chi connectivity index (χ3v) is 5.58. The lowest BCUT2D eigenvalue weighted by molar-refractivity contribution is -0.127. The lowest BCUT2D eigenvalue weighted by Crippen LogP contribution is -2.53. The molecule has 0 aliphatic rings. The van der Waals surface area contributed by atoms with Gasteiger partial charge in [0.25, 0.3) is 17.6 Å². The molecule has 9 nitrogen and oxygen atoms in total. The van der Waals surface area contributed by atoms with Crippen LogP contribution < -0.4 is 16.4 Å². The molecule has 0 aliphatic heterocycles. The van der Waals surface area contributed by atoms with Gasteiger partial charge in [0.1, 0.15) is 11.9 Å². The second-order valence-corrected chi connectivity index (χ2v) is 9.23. The molecule has 2 aromatic rings. The van der Waals surface area contributed by atoms with Crippen LogP contribution in [0.5, 0.6) is 0 Å². The van der Waals surface area contributed by atoms with Crippen LogP contribution in [0.2, 0.25) is 0 Å². The zero-order chi connectivity index (χ0) is 26.0. The highest BCUT2D eigenvalue weighted by molar-refractivity contribution is 6.43. The first-order chi connectivity index (χ1) is 15.7. The Balaban J connectivity index is 2.46. The van der Waals surface area contributed by atoms with E-state index >= 15 is 0 Å². The first-order valence-electron chi connectivity index (χ1n) is 10.7. The number of carbonyl (C=O) groups excluding carboxylic acids is 4. The number of anilines is 1. The maximum Gasteiger partial charge on any atom is 0.294 e. The summed E-state index contributed by atoms with van der Waals surface area (Å²) in [5, 5.41) is 14.6. The average Bonchev–Trinajstić information content (AvgIpc) is 2.97. The summed E-state index contributed by atoms with van der Waals surface area (Å²) >= 11 is 0. The molecule has 0 fully saturated rings. The Kier molecular flexibility index (Phi) is 7.99. The summed E-state index contributed by atoms with van der Waals surface area (Å²) in [6, 6.07) is 3.01. The van der Waals surface area contributed by atoms with Crippen molar-refractivity contribution in [2.45, 2.75) is 54.1 Å². The number of aliphatic hydroxyl groups is 1. The van der Waals surface area contributed by atoms with Gasteiger partial charge in [-0.2, -0.15) is 0 Å². The van der Waals surface area contributed by atoms with Crippen molar-refractivity contribution in [3.05, 3.63) is 52.1 Å². The number of benzene rings is 1. The first kappa shape index (κ1) is 26.7. The van der Waals surface area contributed by atoms with Gasteiger partial charge in [-0.25, -0.2) is 4.39 Å². The van der Waals surface area contributed by atoms with Crippen molar-refractivity contribution in [3.8, 4) is 0 Å². The molecule has 3 amide bonds. The molecule has 1 heterocycles. The molecule has 184 valence electrons. The number of aliphatic hydroxyl groups excluding tert-OH is 1. The van der Waals surface area contributed by atoms with E-state index in [1.54, 1.807) is 34.6 Å². The van der Waals surface area contributed by atoms with Crippen LogP contribution in [0.3, 0.4) is 0 Å². The Hall–Kier alpha value is -3.53. The Morgan fingerprint density at radius 2 is 1.76 bits per heavy atom. The van der Waals surface area contributed by atoms with Crippen molar-refractivity contribution in [2.24, 2.45) is 11.1 Å². The van der Waals surface area contributed by atoms with Gasteiger partial charge in [-0.05, 0) is 55.5 Å². The number of nitrogens with two attached hydrogens (primary N) is 1. The summed E-state index contributed by atoms with van der Waals surface area (Å²) < 4.78 is 15.0. The molecule has 10 heteroatoms. The fraction of sp³-hybridized carbons (Fsp3) is 0.417. The molecule has 0 saturated carbocycles. The quantitative estimate of drug-likeness (QED) is 0.342. The molecule has 5 N–H and O–H groups in total.